The van der Waals surface area contributed by atoms with Crippen LogP contribution in [0, 0.1) is 0 Å². The molecule has 0 aliphatic rings. The number of urea groups is 1. The van der Waals surface area contributed by atoms with Gasteiger partial charge in [-0.25, -0.2) is 4.79 Å². The minimum absolute atomic E-state index is 0.303. The first kappa shape index (κ1) is 19.7. The Hall–Kier alpha value is -2.60. The van der Waals surface area contributed by atoms with E-state index in [0.717, 1.165) is 16.9 Å². The van der Waals surface area contributed by atoms with Gasteiger partial charge in [-0.05, 0) is 36.8 Å². The summed E-state index contributed by atoms with van der Waals surface area (Å²) in [6, 6.07) is 10.8. The van der Waals surface area contributed by atoms with Gasteiger partial charge in [0.2, 0.25) is 0 Å². The van der Waals surface area contributed by atoms with E-state index >= 15 is 0 Å². The number of ether oxygens (including phenoxy) is 2. The van der Waals surface area contributed by atoms with Crippen LogP contribution in [-0.4, -0.2) is 33.8 Å². The van der Waals surface area contributed by atoms with Crippen LogP contribution < -0.4 is 25.0 Å². The van der Waals surface area contributed by atoms with Crippen LogP contribution in [0.5, 0.6) is 11.5 Å². The lowest BCUT2D eigenvalue weighted by atomic mass is 10.2. The molecule has 2 rings (SSSR count). The van der Waals surface area contributed by atoms with Crippen molar-refractivity contribution in [2.75, 3.05) is 38.0 Å². The number of nitrogens with zero attached hydrogens (tertiary/aromatic N) is 1. The van der Waals surface area contributed by atoms with Gasteiger partial charge in [-0.2, -0.15) is 0 Å². The molecule has 0 spiro atoms. The Balaban J connectivity index is 2.05. The van der Waals surface area contributed by atoms with Crippen LogP contribution in [0.15, 0.2) is 36.4 Å². The number of hydrogen-bond donors (Lipinski definition) is 2. The quantitative estimate of drug-likeness (QED) is 0.761. The molecular formula is C19H24ClN3O3. The van der Waals surface area contributed by atoms with E-state index in [1.165, 1.54) is 0 Å². The third kappa shape index (κ3) is 4.95. The Morgan fingerprint density at radius 2 is 1.96 bits per heavy atom. The maximum atomic E-state index is 12.2. The number of nitrogens with one attached hydrogen (secondary N) is 2. The van der Waals surface area contributed by atoms with Gasteiger partial charge in [0.05, 0.1) is 30.1 Å². The van der Waals surface area contributed by atoms with Crippen LogP contribution in [-0.2, 0) is 6.54 Å². The summed E-state index contributed by atoms with van der Waals surface area (Å²) in [5.41, 5.74) is 2.47. The van der Waals surface area contributed by atoms with Gasteiger partial charge in [0, 0.05) is 20.6 Å². The van der Waals surface area contributed by atoms with Crippen LogP contribution in [0.4, 0.5) is 16.2 Å². The number of para-hydroxylation sites is 2. The van der Waals surface area contributed by atoms with Gasteiger partial charge in [0.1, 0.15) is 0 Å². The second kappa shape index (κ2) is 9.20. The molecule has 0 aliphatic heterocycles. The Kier molecular flexibility index (Phi) is 6.97. The second-order valence-corrected chi connectivity index (χ2v) is 6.17. The predicted octanol–water partition coefficient (Wildman–Crippen LogP) is 4.14. The average molecular weight is 378 g/mol. The molecule has 0 aliphatic carbocycles. The first-order valence-electron chi connectivity index (χ1n) is 8.26. The Morgan fingerprint density at radius 3 is 2.62 bits per heavy atom. The van der Waals surface area contributed by atoms with E-state index in [1.54, 1.807) is 19.2 Å². The molecule has 0 saturated carbocycles. The molecule has 0 saturated heterocycles. The van der Waals surface area contributed by atoms with Crippen molar-refractivity contribution >= 4 is 29.0 Å². The van der Waals surface area contributed by atoms with Crippen LogP contribution in [0.3, 0.4) is 0 Å². The highest BCUT2D eigenvalue weighted by Gasteiger charge is 2.13. The summed E-state index contributed by atoms with van der Waals surface area (Å²) in [4.78, 5) is 14.2. The molecule has 26 heavy (non-hydrogen) atoms. The summed E-state index contributed by atoms with van der Waals surface area (Å²) in [6.07, 6.45) is 0. The molecule has 2 N–H and O–H groups in total. The molecule has 2 aromatic rings. The SMILES string of the molecule is CCOc1c(Cl)cc(CNC(=O)Nc2ccccc2N(C)C)cc1OC. The second-order valence-electron chi connectivity index (χ2n) is 5.76. The number of carbonyl (C=O) groups excluding carboxylic acids is 1. The zero-order valence-corrected chi connectivity index (χ0v) is 16.2. The third-order valence-corrected chi connectivity index (χ3v) is 3.95. The molecule has 0 radical (unpaired) electrons. The van der Waals surface area contributed by atoms with E-state index in [0.29, 0.717) is 29.7 Å². The van der Waals surface area contributed by atoms with Crippen LogP contribution in [0.2, 0.25) is 5.02 Å². The van der Waals surface area contributed by atoms with Gasteiger partial charge >= 0.3 is 6.03 Å². The van der Waals surface area contributed by atoms with E-state index in [4.69, 9.17) is 21.1 Å². The lowest BCUT2D eigenvalue weighted by molar-refractivity contribution is 0.251. The van der Waals surface area contributed by atoms with E-state index in [1.807, 2.05) is 50.2 Å². The number of methoxy groups -OCH3 is 1. The maximum absolute atomic E-state index is 12.2. The molecule has 7 heteroatoms. The first-order valence-corrected chi connectivity index (χ1v) is 8.64. The summed E-state index contributed by atoms with van der Waals surface area (Å²) in [5.74, 6) is 1.04. The smallest absolute Gasteiger partial charge is 0.319 e. The molecule has 0 unspecified atom stereocenters. The largest absolute Gasteiger partial charge is 0.493 e. The van der Waals surface area contributed by atoms with Gasteiger partial charge < -0.3 is 25.0 Å². The van der Waals surface area contributed by atoms with Gasteiger partial charge in [-0.1, -0.05) is 23.7 Å². The molecular weight excluding hydrogens is 354 g/mol. The van der Waals surface area contributed by atoms with Crippen molar-refractivity contribution in [1.82, 2.24) is 5.32 Å². The number of benzene rings is 2. The van der Waals surface area contributed by atoms with Crippen LogP contribution in [0.25, 0.3) is 0 Å². The van der Waals surface area contributed by atoms with Crippen molar-refractivity contribution in [3.05, 3.63) is 47.0 Å². The van der Waals surface area contributed by atoms with Gasteiger partial charge in [-0.15, -0.1) is 0 Å². The van der Waals surface area contributed by atoms with E-state index in [2.05, 4.69) is 10.6 Å². The van der Waals surface area contributed by atoms with E-state index in [9.17, 15) is 4.79 Å². The average Bonchev–Trinajstić information content (AvgIpc) is 2.62. The minimum Gasteiger partial charge on any atom is -0.493 e. The fourth-order valence-electron chi connectivity index (χ4n) is 2.48. The molecule has 6 nitrogen and oxygen atoms in total. The minimum atomic E-state index is -0.303. The summed E-state index contributed by atoms with van der Waals surface area (Å²) in [6.45, 7) is 2.67. The third-order valence-electron chi connectivity index (χ3n) is 3.67. The molecule has 2 aromatic carbocycles. The van der Waals surface area contributed by atoms with Gasteiger partial charge in [0.15, 0.2) is 11.5 Å². The Bertz CT molecular complexity index is 766. The number of amides is 2. The summed E-state index contributed by atoms with van der Waals surface area (Å²) < 4.78 is 10.8. The lowest BCUT2D eigenvalue weighted by Crippen LogP contribution is -2.29. The number of halogens is 1. The fraction of sp³-hybridized carbons (Fsp3) is 0.316. The van der Waals surface area contributed by atoms with Crippen molar-refractivity contribution in [2.24, 2.45) is 0 Å². The zero-order valence-electron chi connectivity index (χ0n) is 15.4. The highest BCUT2D eigenvalue weighted by atomic mass is 35.5. The summed E-state index contributed by atoms with van der Waals surface area (Å²) in [7, 11) is 5.40. The number of anilines is 2. The highest BCUT2D eigenvalue weighted by Crippen LogP contribution is 2.36. The lowest BCUT2D eigenvalue weighted by Gasteiger charge is -2.18. The Morgan fingerprint density at radius 1 is 1.23 bits per heavy atom. The van der Waals surface area contributed by atoms with Crippen molar-refractivity contribution in [2.45, 2.75) is 13.5 Å². The maximum Gasteiger partial charge on any atom is 0.319 e. The zero-order chi connectivity index (χ0) is 19.1. The topological polar surface area (TPSA) is 62.8 Å². The van der Waals surface area contributed by atoms with Crippen LogP contribution >= 0.6 is 11.6 Å². The van der Waals surface area contributed by atoms with Crippen LogP contribution in [0.1, 0.15) is 12.5 Å². The fourth-order valence-corrected chi connectivity index (χ4v) is 2.77. The standard InChI is InChI=1S/C19H24ClN3O3/c1-5-26-18-14(20)10-13(11-17(18)25-4)12-21-19(24)22-15-8-6-7-9-16(15)23(2)3/h6-11H,5,12H2,1-4H3,(H2,21,22,24). The van der Waals surface area contributed by atoms with Crippen molar-refractivity contribution in [3.63, 3.8) is 0 Å². The molecule has 2 amide bonds. The van der Waals surface area contributed by atoms with E-state index in [-0.39, 0.29) is 6.03 Å². The van der Waals surface area contributed by atoms with Crippen molar-refractivity contribution in [1.29, 1.82) is 0 Å². The monoisotopic (exact) mass is 377 g/mol. The number of rotatable bonds is 7. The predicted molar refractivity (Wildman–Crippen MR) is 106 cm³/mol. The molecule has 0 bridgehead atoms. The molecule has 0 heterocycles. The number of hydrogen-bond acceptors (Lipinski definition) is 4. The first-order chi connectivity index (χ1) is 12.5. The highest BCUT2D eigenvalue weighted by molar-refractivity contribution is 6.32. The molecule has 0 aromatic heterocycles. The molecule has 140 valence electrons. The number of carbonyl (C=O) groups is 1. The van der Waals surface area contributed by atoms with E-state index < -0.39 is 0 Å². The normalized spacial score (nSPS) is 10.2. The summed E-state index contributed by atoms with van der Waals surface area (Å²) >= 11 is 6.25. The summed E-state index contributed by atoms with van der Waals surface area (Å²) in [5, 5.41) is 6.12. The van der Waals surface area contributed by atoms with Crippen molar-refractivity contribution < 1.29 is 14.3 Å². The van der Waals surface area contributed by atoms with Crippen molar-refractivity contribution in [3.8, 4) is 11.5 Å². The van der Waals surface area contributed by atoms with Gasteiger partial charge in [-0.3, -0.25) is 0 Å². The van der Waals surface area contributed by atoms with Gasteiger partial charge in [0.25, 0.3) is 0 Å². The molecule has 0 atom stereocenters. The Labute approximate surface area is 159 Å². The molecule has 0 fully saturated rings.